The number of carbonyl (C=O) groups is 3. The maximum absolute atomic E-state index is 12.3. The van der Waals surface area contributed by atoms with Crippen molar-refractivity contribution < 1.29 is 14.4 Å². The summed E-state index contributed by atoms with van der Waals surface area (Å²) in [5.74, 6) is -1.15. The predicted octanol–water partition coefficient (Wildman–Crippen LogP) is 2.37. The Hall–Kier alpha value is -1.59. The lowest BCUT2D eigenvalue weighted by atomic mass is 10.0. The minimum atomic E-state index is -0.590. The number of hydrogen-bond acceptors (Lipinski definition) is 3. The molecule has 7 heteroatoms. The van der Waals surface area contributed by atoms with E-state index in [9.17, 15) is 14.4 Å². The summed E-state index contributed by atoms with van der Waals surface area (Å²) in [5.41, 5.74) is 0.543. The summed E-state index contributed by atoms with van der Waals surface area (Å²) >= 11 is 11.7. The molecule has 1 aliphatic rings. The third-order valence-electron chi connectivity index (χ3n) is 3.66. The second kappa shape index (κ2) is 6.45. The summed E-state index contributed by atoms with van der Waals surface area (Å²) in [7, 11) is 0. The van der Waals surface area contributed by atoms with Gasteiger partial charge in [-0.05, 0) is 31.5 Å². The van der Waals surface area contributed by atoms with Gasteiger partial charge in [-0.1, -0.05) is 23.2 Å². The first-order chi connectivity index (χ1) is 9.93. The molecule has 2 amide bonds. The summed E-state index contributed by atoms with van der Waals surface area (Å²) in [4.78, 5) is 35.7. The van der Waals surface area contributed by atoms with Crippen LogP contribution in [-0.4, -0.2) is 35.6 Å². The van der Waals surface area contributed by atoms with Crippen molar-refractivity contribution in [2.75, 3.05) is 11.9 Å². The van der Waals surface area contributed by atoms with Gasteiger partial charge in [0, 0.05) is 18.3 Å². The average molecular weight is 329 g/mol. The van der Waals surface area contributed by atoms with Gasteiger partial charge in [-0.3, -0.25) is 14.4 Å². The Morgan fingerprint density at radius 1 is 1.33 bits per heavy atom. The number of likely N-dealkylation sites (tertiary alicyclic amines) is 1. The summed E-state index contributed by atoms with van der Waals surface area (Å²) in [6.07, 6.45) is 0.795. The highest BCUT2D eigenvalue weighted by atomic mass is 35.5. The van der Waals surface area contributed by atoms with E-state index in [0.29, 0.717) is 28.7 Å². The van der Waals surface area contributed by atoms with Crippen molar-refractivity contribution in [2.45, 2.75) is 19.4 Å². The Bertz CT molecular complexity index is 592. The van der Waals surface area contributed by atoms with Gasteiger partial charge in [-0.15, -0.1) is 0 Å². The topological polar surface area (TPSA) is 66.5 Å². The van der Waals surface area contributed by atoms with Crippen LogP contribution in [0, 0.1) is 5.92 Å². The lowest BCUT2D eigenvalue weighted by Crippen LogP contribution is -2.39. The third kappa shape index (κ3) is 3.36. The quantitative estimate of drug-likeness (QED) is 0.684. The van der Waals surface area contributed by atoms with E-state index in [4.69, 9.17) is 23.2 Å². The minimum absolute atomic E-state index is 0.206. The maximum atomic E-state index is 12.3. The molecule has 0 spiro atoms. The number of nitrogens with zero attached hydrogens (tertiary/aromatic N) is 1. The summed E-state index contributed by atoms with van der Waals surface area (Å²) in [6.45, 7) is 2.16. The Morgan fingerprint density at radius 3 is 2.67 bits per heavy atom. The van der Waals surface area contributed by atoms with Gasteiger partial charge in [0.1, 0.15) is 0 Å². The number of benzene rings is 1. The Labute approximate surface area is 132 Å². The Kier molecular flexibility index (Phi) is 4.85. The van der Waals surface area contributed by atoms with E-state index >= 15 is 0 Å². The normalized spacial score (nSPS) is 21.2. The molecule has 1 fully saturated rings. The lowest BCUT2D eigenvalue weighted by Gasteiger charge is -2.22. The van der Waals surface area contributed by atoms with Gasteiger partial charge < -0.3 is 10.2 Å². The number of rotatable bonds is 3. The molecule has 1 aliphatic heterocycles. The number of nitrogens with one attached hydrogen (secondary N) is 1. The second-order valence-electron chi connectivity index (χ2n) is 4.90. The summed E-state index contributed by atoms with van der Waals surface area (Å²) in [6, 6.07) is 4.50. The zero-order valence-electron chi connectivity index (χ0n) is 11.3. The Balaban J connectivity index is 2.05. The average Bonchev–Trinajstić information content (AvgIpc) is 2.84. The van der Waals surface area contributed by atoms with Gasteiger partial charge in [0.25, 0.3) is 5.91 Å². The molecule has 1 aromatic rings. The zero-order chi connectivity index (χ0) is 15.6. The molecular formula is C14H14Cl2N2O3. The smallest absolute Gasteiger partial charge is 0.286 e. The molecule has 0 aromatic heterocycles. The molecule has 2 atom stereocenters. The highest BCUT2D eigenvalue weighted by Gasteiger charge is 2.37. The van der Waals surface area contributed by atoms with Crippen molar-refractivity contribution in [3.8, 4) is 0 Å². The molecular weight excluding hydrogens is 315 g/mol. The SMILES string of the molecule is C[C@H]1C(C(=O)Nc2ccc(Cl)c(Cl)c2)CCN1C(=O)C=O. The molecule has 2 rings (SSSR count). The largest absolute Gasteiger partial charge is 0.333 e. The van der Waals surface area contributed by atoms with Gasteiger partial charge in [-0.2, -0.15) is 0 Å². The third-order valence-corrected chi connectivity index (χ3v) is 4.40. The molecule has 112 valence electrons. The van der Waals surface area contributed by atoms with Crippen molar-refractivity contribution in [2.24, 2.45) is 5.92 Å². The summed E-state index contributed by atoms with van der Waals surface area (Å²) < 4.78 is 0. The lowest BCUT2D eigenvalue weighted by molar-refractivity contribution is -0.139. The molecule has 1 aromatic carbocycles. The van der Waals surface area contributed by atoms with Gasteiger partial charge >= 0.3 is 0 Å². The van der Waals surface area contributed by atoms with E-state index in [0.717, 1.165) is 0 Å². The fraction of sp³-hybridized carbons (Fsp3) is 0.357. The summed E-state index contributed by atoms with van der Waals surface area (Å²) in [5, 5.41) is 3.51. The van der Waals surface area contributed by atoms with Gasteiger partial charge in [-0.25, -0.2) is 0 Å². The van der Waals surface area contributed by atoms with Crippen LogP contribution in [0.2, 0.25) is 10.0 Å². The first-order valence-electron chi connectivity index (χ1n) is 6.45. The van der Waals surface area contributed by atoms with Crippen molar-refractivity contribution in [1.29, 1.82) is 0 Å². The van der Waals surface area contributed by atoms with E-state index in [-0.39, 0.29) is 24.2 Å². The molecule has 1 N–H and O–H groups in total. The number of amides is 2. The zero-order valence-corrected chi connectivity index (χ0v) is 12.8. The Morgan fingerprint density at radius 2 is 2.05 bits per heavy atom. The van der Waals surface area contributed by atoms with Crippen molar-refractivity contribution in [1.82, 2.24) is 4.90 Å². The van der Waals surface area contributed by atoms with Crippen molar-refractivity contribution >= 4 is 47.0 Å². The highest BCUT2D eigenvalue weighted by molar-refractivity contribution is 6.42. The number of halogens is 2. The predicted molar refractivity (Wildman–Crippen MR) is 80.4 cm³/mol. The molecule has 0 bridgehead atoms. The number of hydrogen-bond donors (Lipinski definition) is 1. The monoisotopic (exact) mass is 328 g/mol. The number of aldehydes is 1. The molecule has 0 saturated carbocycles. The number of anilines is 1. The van der Waals surface area contributed by atoms with E-state index in [1.54, 1.807) is 25.1 Å². The van der Waals surface area contributed by atoms with Gasteiger partial charge in [0.05, 0.1) is 16.0 Å². The van der Waals surface area contributed by atoms with Gasteiger partial charge in [0.2, 0.25) is 12.2 Å². The fourth-order valence-electron chi connectivity index (χ4n) is 2.48. The van der Waals surface area contributed by atoms with Crippen LogP contribution in [0.1, 0.15) is 13.3 Å². The fourth-order valence-corrected chi connectivity index (χ4v) is 2.78. The van der Waals surface area contributed by atoms with Crippen LogP contribution >= 0.6 is 23.2 Å². The molecule has 21 heavy (non-hydrogen) atoms. The van der Waals surface area contributed by atoms with E-state index in [1.165, 1.54) is 4.90 Å². The molecule has 1 saturated heterocycles. The molecule has 1 unspecified atom stereocenters. The molecule has 0 radical (unpaired) electrons. The molecule has 1 heterocycles. The van der Waals surface area contributed by atoms with Crippen LogP contribution < -0.4 is 5.32 Å². The minimum Gasteiger partial charge on any atom is -0.333 e. The van der Waals surface area contributed by atoms with Crippen LogP contribution in [0.5, 0.6) is 0 Å². The van der Waals surface area contributed by atoms with Crippen molar-refractivity contribution in [3.05, 3.63) is 28.2 Å². The van der Waals surface area contributed by atoms with Crippen LogP contribution in [0.3, 0.4) is 0 Å². The van der Waals surface area contributed by atoms with Crippen LogP contribution in [0.4, 0.5) is 5.69 Å². The standard InChI is InChI=1S/C14H14Cl2N2O3/c1-8-10(4-5-18(8)13(20)7-19)14(21)17-9-2-3-11(15)12(16)6-9/h2-3,6-8,10H,4-5H2,1H3,(H,17,21)/t8-,10?/m0/s1. The van der Waals surface area contributed by atoms with Crippen molar-refractivity contribution in [3.63, 3.8) is 0 Å². The van der Waals surface area contributed by atoms with Gasteiger partial charge in [0.15, 0.2) is 0 Å². The van der Waals surface area contributed by atoms with E-state index in [1.807, 2.05) is 0 Å². The van der Waals surface area contributed by atoms with Crippen LogP contribution in [0.15, 0.2) is 18.2 Å². The van der Waals surface area contributed by atoms with E-state index in [2.05, 4.69) is 5.32 Å². The first kappa shape index (κ1) is 15.8. The molecule has 5 nitrogen and oxygen atoms in total. The molecule has 0 aliphatic carbocycles. The highest BCUT2D eigenvalue weighted by Crippen LogP contribution is 2.28. The number of carbonyl (C=O) groups excluding carboxylic acids is 3. The first-order valence-corrected chi connectivity index (χ1v) is 7.21. The second-order valence-corrected chi connectivity index (χ2v) is 5.72. The maximum Gasteiger partial charge on any atom is 0.286 e. The van der Waals surface area contributed by atoms with E-state index < -0.39 is 5.91 Å². The van der Waals surface area contributed by atoms with Crippen LogP contribution in [0.25, 0.3) is 0 Å². The van der Waals surface area contributed by atoms with Crippen LogP contribution in [-0.2, 0) is 14.4 Å².